The zero-order valence-corrected chi connectivity index (χ0v) is 15.2. The summed E-state index contributed by atoms with van der Waals surface area (Å²) in [5.41, 5.74) is 3.20. The molecule has 1 N–H and O–H groups in total. The largest absolute Gasteiger partial charge is 0.461 e. The molecule has 5 aromatic rings. The fraction of sp³-hybridized carbons (Fsp3) is 0.0909. The molecule has 6 nitrogen and oxygen atoms in total. The molecule has 0 unspecified atom stereocenters. The molecule has 3 heterocycles. The van der Waals surface area contributed by atoms with Crippen LogP contribution in [0.15, 0.2) is 76.1 Å². The van der Waals surface area contributed by atoms with Crippen LogP contribution < -0.4 is 5.32 Å². The average Bonchev–Trinajstić information content (AvgIpc) is 3.45. The third-order valence-electron chi connectivity index (χ3n) is 4.87. The standard InChI is InChI=1S/C22H17N3O3/c1-2-25-17-7-4-3-6-15(17)16-12-14(9-10-18(16)25)24-22(26)20-21(28-13-23-20)19-8-5-11-27-19/h3-13H,2H2,1H3,(H,24,26). The van der Waals surface area contributed by atoms with Crippen LogP contribution >= 0.6 is 0 Å². The summed E-state index contributed by atoms with van der Waals surface area (Å²) in [6, 6.07) is 17.7. The van der Waals surface area contributed by atoms with Gasteiger partial charge in [-0.15, -0.1) is 0 Å². The lowest BCUT2D eigenvalue weighted by Gasteiger charge is -2.06. The van der Waals surface area contributed by atoms with Crippen LogP contribution in [0.2, 0.25) is 0 Å². The van der Waals surface area contributed by atoms with E-state index in [-0.39, 0.29) is 11.6 Å². The Morgan fingerprint density at radius 2 is 1.89 bits per heavy atom. The summed E-state index contributed by atoms with van der Waals surface area (Å²) >= 11 is 0. The number of amides is 1. The molecule has 6 heteroatoms. The van der Waals surface area contributed by atoms with Crippen LogP contribution in [0.25, 0.3) is 33.3 Å². The number of fused-ring (bicyclic) bond motifs is 3. The Hall–Kier alpha value is -3.80. The highest BCUT2D eigenvalue weighted by Gasteiger charge is 2.20. The van der Waals surface area contributed by atoms with Gasteiger partial charge in [-0.3, -0.25) is 4.79 Å². The van der Waals surface area contributed by atoms with Gasteiger partial charge >= 0.3 is 0 Å². The molecule has 0 saturated heterocycles. The molecule has 0 aliphatic carbocycles. The third-order valence-corrected chi connectivity index (χ3v) is 4.87. The number of para-hydroxylation sites is 1. The topological polar surface area (TPSA) is 73.2 Å². The summed E-state index contributed by atoms with van der Waals surface area (Å²) in [7, 11) is 0. The Bertz CT molecular complexity index is 1300. The fourth-order valence-corrected chi connectivity index (χ4v) is 3.65. The van der Waals surface area contributed by atoms with Crippen LogP contribution in [0, 0.1) is 0 Å². The first-order valence-electron chi connectivity index (χ1n) is 9.06. The molecule has 0 aliphatic rings. The molecule has 0 saturated carbocycles. The van der Waals surface area contributed by atoms with Gasteiger partial charge in [0, 0.05) is 34.0 Å². The highest BCUT2D eigenvalue weighted by molar-refractivity contribution is 6.11. The van der Waals surface area contributed by atoms with Crippen molar-refractivity contribution in [1.29, 1.82) is 0 Å². The molecule has 0 fully saturated rings. The maximum atomic E-state index is 12.8. The van der Waals surface area contributed by atoms with Gasteiger partial charge in [-0.25, -0.2) is 4.98 Å². The number of benzene rings is 2. The van der Waals surface area contributed by atoms with Crippen molar-refractivity contribution in [2.24, 2.45) is 0 Å². The van der Waals surface area contributed by atoms with Gasteiger partial charge in [-0.2, -0.15) is 0 Å². The molecule has 0 atom stereocenters. The number of anilines is 1. The van der Waals surface area contributed by atoms with Gasteiger partial charge in [-0.05, 0) is 43.3 Å². The van der Waals surface area contributed by atoms with Crippen LogP contribution in [0.1, 0.15) is 17.4 Å². The SMILES string of the molecule is CCn1c2ccccc2c2cc(NC(=O)c3ncoc3-c3ccco3)ccc21. The molecule has 0 bridgehead atoms. The van der Waals surface area contributed by atoms with E-state index in [1.807, 2.05) is 30.3 Å². The van der Waals surface area contributed by atoms with E-state index in [2.05, 4.69) is 33.9 Å². The molecule has 3 aromatic heterocycles. The summed E-state index contributed by atoms with van der Waals surface area (Å²) in [5.74, 6) is 0.425. The summed E-state index contributed by atoms with van der Waals surface area (Å²) < 4.78 is 12.9. The minimum atomic E-state index is -0.348. The van der Waals surface area contributed by atoms with Crippen molar-refractivity contribution in [2.75, 3.05) is 5.32 Å². The number of carbonyl (C=O) groups excluding carboxylic acids is 1. The fourth-order valence-electron chi connectivity index (χ4n) is 3.65. The zero-order chi connectivity index (χ0) is 19.1. The van der Waals surface area contributed by atoms with Crippen molar-refractivity contribution in [3.8, 4) is 11.5 Å². The Kier molecular flexibility index (Phi) is 3.76. The van der Waals surface area contributed by atoms with Gasteiger partial charge in [0.15, 0.2) is 17.8 Å². The molecule has 0 aliphatic heterocycles. The summed E-state index contributed by atoms with van der Waals surface area (Å²) in [6.45, 7) is 3.00. The van der Waals surface area contributed by atoms with Gasteiger partial charge in [0.05, 0.1) is 6.26 Å². The number of aryl methyl sites for hydroxylation is 1. The number of carbonyl (C=O) groups is 1. The predicted octanol–water partition coefficient (Wildman–Crippen LogP) is 5.31. The lowest BCUT2D eigenvalue weighted by Crippen LogP contribution is -2.13. The number of oxazole rings is 1. The molecule has 5 rings (SSSR count). The van der Waals surface area contributed by atoms with Gasteiger partial charge in [0.2, 0.25) is 5.76 Å². The quantitative estimate of drug-likeness (QED) is 0.464. The second kappa shape index (κ2) is 6.42. The highest BCUT2D eigenvalue weighted by Crippen LogP contribution is 2.31. The highest BCUT2D eigenvalue weighted by atomic mass is 16.4. The first-order chi connectivity index (χ1) is 13.8. The van der Waals surface area contributed by atoms with Crippen molar-refractivity contribution in [1.82, 2.24) is 9.55 Å². The van der Waals surface area contributed by atoms with Crippen LogP contribution in [-0.2, 0) is 6.54 Å². The number of furan rings is 1. The lowest BCUT2D eigenvalue weighted by atomic mass is 10.1. The van der Waals surface area contributed by atoms with E-state index in [1.54, 1.807) is 12.1 Å². The maximum Gasteiger partial charge on any atom is 0.278 e. The van der Waals surface area contributed by atoms with Gasteiger partial charge in [0.1, 0.15) is 0 Å². The Balaban J connectivity index is 1.54. The Labute approximate surface area is 160 Å². The van der Waals surface area contributed by atoms with E-state index in [1.165, 1.54) is 18.2 Å². The molecular formula is C22H17N3O3. The second-order valence-electron chi connectivity index (χ2n) is 6.45. The van der Waals surface area contributed by atoms with Crippen LogP contribution in [0.4, 0.5) is 5.69 Å². The van der Waals surface area contributed by atoms with Crippen LogP contribution in [-0.4, -0.2) is 15.5 Å². The van der Waals surface area contributed by atoms with Crippen molar-refractivity contribution in [2.45, 2.75) is 13.5 Å². The molecule has 0 radical (unpaired) electrons. The van der Waals surface area contributed by atoms with Gasteiger partial charge < -0.3 is 18.7 Å². The first-order valence-corrected chi connectivity index (χ1v) is 9.06. The zero-order valence-electron chi connectivity index (χ0n) is 15.2. The monoisotopic (exact) mass is 371 g/mol. The average molecular weight is 371 g/mol. The van der Waals surface area contributed by atoms with Crippen LogP contribution in [0.3, 0.4) is 0 Å². The number of hydrogen-bond acceptors (Lipinski definition) is 4. The second-order valence-corrected chi connectivity index (χ2v) is 6.45. The normalized spacial score (nSPS) is 11.3. The van der Waals surface area contributed by atoms with Crippen molar-refractivity contribution >= 4 is 33.4 Å². The Morgan fingerprint density at radius 1 is 1.04 bits per heavy atom. The van der Waals surface area contributed by atoms with E-state index in [4.69, 9.17) is 8.83 Å². The molecule has 0 spiro atoms. The number of hydrogen-bond donors (Lipinski definition) is 1. The smallest absolute Gasteiger partial charge is 0.278 e. The molecule has 28 heavy (non-hydrogen) atoms. The number of rotatable bonds is 4. The molecule has 138 valence electrons. The van der Waals surface area contributed by atoms with E-state index < -0.39 is 0 Å². The van der Waals surface area contributed by atoms with Gasteiger partial charge in [-0.1, -0.05) is 18.2 Å². The number of nitrogens with one attached hydrogen (secondary N) is 1. The summed E-state index contributed by atoms with van der Waals surface area (Å²) in [6.07, 6.45) is 2.77. The van der Waals surface area contributed by atoms with E-state index in [0.717, 1.165) is 22.8 Å². The Morgan fingerprint density at radius 3 is 2.71 bits per heavy atom. The van der Waals surface area contributed by atoms with Crippen molar-refractivity contribution in [3.63, 3.8) is 0 Å². The van der Waals surface area contributed by atoms with E-state index >= 15 is 0 Å². The summed E-state index contributed by atoms with van der Waals surface area (Å²) in [4.78, 5) is 16.8. The molecular weight excluding hydrogens is 354 g/mol. The maximum absolute atomic E-state index is 12.8. The van der Waals surface area contributed by atoms with E-state index in [9.17, 15) is 4.79 Å². The predicted molar refractivity (Wildman–Crippen MR) is 107 cm³/mol. The van der Waals surface area contributed by atoms with Gasteiger partial charge in [0.25, 0.3) is 5.91 Å². The van der Waals surface area contributed by atoms with Crippen molar-refractivity contribution < 1.29 is 13.6 Å². The molecule has 2 aromatic carbocycles. The summed E-state index contributed by atoms with van der Waals surface area (Å²) in [5, 5.41) is 5.18. The minimum Gasteiger partial charge on any atom is -0.461 e. The first kappa shape index (κ1) is 16.4. The number of nitrogens with zero attached hydrogens (tertiary/aromatic N) is 2. The van der Waals surface area contributed by atoms with Crippen molar-refractivity contribution in [3.05, 3.63) is 72.9 Å². The lowest BCUT2D eigenvalue weighted by molar-refractivity contribution is 0.102. The van der Waals surface area contributed by atoms with E-state index in [0.29, 0.717) is 17.2 Å². The number of aromatic nitrogens is 2. The van der Waals surface area contributed by atoms with Crippen LogP contribution in [0.5, 0.6) is 0 Å². The third kappa shape index (κ3) is 2.50. The minimum absolute atomic E-state index is 0.186. The molecule has 1 amide bonds.